The summed E-state index contributed by atoms with van der Waals surface area (Å²) in [6.07, 6.45) is 3.46. The normalized spacial score (nSPS) is 19.0. The Balaban J connectivity index is 1.33. The third-order valence-electron chi connectivity index (χ3n) is 5.53. The number of fused-ring (bicyclic) bond motifs is 1. The summed E-state index contributed by atoms with van der Waals surface area (Å²) in [6, 6.07) is 8.78. The number of anilines is 1. The van der Waals surface area contributed by atoms with Gasteiger partial charge in [0.2, 0.25) is 0 Å². The highest BCUT2D eigenvalue weighted by Gasteiger charge is 2.34. The van der Waals surface area contributed by atoms with E-state index in [9.17, 15) is 18.0 Å². The number of imidazole rings is 1. The van der Waals surface area contributed by atoms with Crippen molar-refractivity contribution in [2.24, 2.45) is 0 Å². The predicted octanol–water partition coefficient (Wildman–Crippen LogP) is 4.38. The minimum atomic E-state index is -4.58. The minimum absolute atomic E-state index is 0.00414. The highest BCUT2D eigenvalue weighted by molar-refractivity contribution is 5.94. The van der Waals surface area contributed by atoms with E-state index >= 15 is 0 Å². The summed E-state index contributed by atoms with van der Waals surface area (Å²) >= 11 is 0. The molecule has 2 aromatic heterocycles. The Labute approximate surface area is 176 Å². The van der Waals surface area contributed by atoms with Crippen molar-refractivity contribution in [1.82, 2.24) is 14.7 Å². The van der Waals surface area contributed by atoms with Crippen molar-refractivity contribution in [3.63, 3.8) is 0 Å². The minimum Gasteiger partial charge on any atom is -0.382 e. The fourth-order valence-electron chi connectivity index (χ4n) is 3.91. The van der Waals surface area contributed by atoms with Gasteiger partial charge in [-0.1, -0.05) is 0 Å². The Hall–Kier alpha value is -3.54. The number of carbonyl (C=O) groups is 1. The third kappa shape index (κ3) is 4.63. The summed E-state index contributed by atoms with van der Waals surface area (Å²) in [5.74, 6) is -0.158. The molecule has 4 rings (SSSR count). The second-order valence-corrected chi connectivity index (χ2v) is 7.65. The first-order valence-corrected chi connectivity index (χ1v) is 9.95. The smallest absolute Gasteiger partial charge is 0.382 e. The van der Waals surface area contributed by atoms with Gasteiger partial charge in [-0.15, -0.1) is 0 Å². The van der Waals surface area contributed by atoms with Gasteiger partial charge in [-0.05, 0) is 56.0 Å². The number of alkyl halides is 3. The molecule has 0 unspecified atom stereocenters. The average molecular weight is 427 g/mol. The van der Waals surface area contributed by atoms with Crippen LogP contribution in [-0.2, 0) is 6.18 Å². The molecule has 0 bridgehead atoms. The molecule has 1 aliphatic carbocycles. The van der Waals surface area contributed by atoms with Gasteiger partial charge in [0.15, 0.2) is 0 Å². The molecule has 9 heteroatoms. The molecular formula is C22H20F3N5O. The van der Waals surface area contributed by atoms with Gasteiger partial charge in [-0.3, -0.25) is 4.79 Å². The van der Waals surface area contributed by atoms with E-state index in [2.05, 4.69) is 15.6 Å². The zero-order valence-corrected chi connectivity index (χ0v) is 16.5. The Morgan fingerprint density at radius 2 is 1.87 bits per heavy atom. The molecule has 6 nitrogen and oxygen atoms in total. The van der Waals surface area contributed by atoms with E-state index in [1.165, 1.54) is 12.1 Å². The number of pyridine rings is 1. The topological polar surface area (TPSA) is 82.2 Å². The standard InChI is InChI=1S/C22H20F3N5O/c23-22(24,25)19-11-18(3-1-14(19)12-26)28-16-4-6-17(7-5-16)29-21(31)15-2-8-20-27-9-10-30(20)13-15/h1-3,8-11,13,16-17,28H,4-7H2,(H,29,31). The van der Waals surface area contributed by atoms with Gasteiger partial charge in [0, 0.05) is 36.4 Å². The Morgan fingerprint density at radius 1 is 1.13 bits per heavy atom. The molecule has 1 aliphatic rings. The number of aromatic nitrogens is 2. The summed E-state index contributed by atoms with van der Waals surface area (Å²) in [5.41, 5.74) is 0.323. The summed E-state index contributed by atoms with van der Waals surface area (Å²) in [6.45, 7) is 0. The number of benzene rings is 1. The number of rotatable bonds is 4. The maximum Gasteiger partial charge on any atom is 0.417 e. The van der Waals surface area contributed by atoms with Crippen LogP contribution in [-0.4, -0.2) is 27.4 Å². The molecule has 0 radical (unpaired) electrons. The first-order chi connectivity index (χ1) is 14.8. The predicted molar refractivity (Wildman–Crippen MR) is 108 cm³/mol. The molecule has 31 heavy (non-hydrogen) atoms. The Morgan fingerprint density at radius 3 is 2.58 bits per heavy atom. The largest absolute Gasteiger partial charge is 0.417 e. The molecule has 1 saturated carbocycles. The van der Waals surface area contributed by atoms with E-state index in [4.69, 9.17) is 5.26 Å². The van der Waals surface area contributed by atoms with E-state index in [1.807, 2.05) is 0 Å². The molecule has 0 aliphatic heterocycles. The molecular weight excluding hydrogens is 407 g/mol. The van der Waals surface area contributed by atoms with Crippen LogP contribution < -0.4 is 10.6 Å². The highest BCUT2D eigenvalue weighted by Crippen LogP contribution is 2.34. The van der Waals surface area contributed by atoms with Crippen LogP contribution in [0, 0.1) is 11.3 Å². The first kappa shape index (κ1) is 20.7. The number of halogens is 3. The van der Waals surface area contributed by atoms with Crippen LogP contribution in [0.15, 0.2) is 48.9 Å². The summed E-state index contributed by atoms with van der Waals surface area (Å²) in [7, 11) is 0. The van der Waals surface area contributed by atoms with Gasteiger partial charge in [-0.25, -0.2) is 4.98 Å². The second-order valence-electron chi connectivity index (χ2n) is 7.65. The van der Waals surface area contributed by atoms with Crippen molar-refractivity contribution in [2.75, 3.05) is 5.32 Å². The fraction of sp³-hybridized carbons (Fsp3) is 0.318. The van der Waals surface area contributed by atoms with Crippen molar-refractivity contribution in [3.8, 4) is 6.07 Å². The lowest BCUT2D eigenvalue weighted by molar-refractivity contribution is -0.137. The Bertz CT molecular complexity index is 1140. The molecule has 1 fully saturated rings. The number of amides is 1. The van der Waals surface area contributed by atoms with Gasteiger partial charge in [-0.2, -0.15) is 18.4 Å². The molecule has 0 spiro atoms. The van der Waals surface area contributed by atoms with Crippen LogP contribution in [0.1, 0.15) is 47.2 Å². The van der Waals surface area contributed by atoms with Crippen LogP contribution >= 0.6 is 0 Å². The van der Waals surface area contributed by atoms with Crippen LogP contribution in [0.2, 0.25) is 0 Å². The van der Waals surface area contributed by atoms with E-state index in [-0.39, 0.29) is 18.0 Å². The molecule has 0 saturated heterocycles. The molecule has 1 amide bonds. The summed E-state index contributed by atoms with van der Waals surface area (Å²) in [4.78, 5) is 16.7. The number of nitrogens with zero attached hydrogens (tertiary/aromatic N) is 3. The van der Waals surface area contributed by atoms with E-state index < -0.39 is 17.3 Å². The van der Waals surface area contributed by atoms with Crippen LogP contribution in [0.4, 0.5) is 18.9 Å². The summed E-state index contributed by atoms with van der Waals surface area (Å²) in [5, 5.41) is 15.1. The van der Waals surface area contributed by atoms with Gasteiger partial charge in [0.25, 0.3) is 5.91 Å². The van der Waals surface area contributed by atoms with Gasteiger partial charge < -0.3 is 15.0 Å². The third-order valence-corrected chi connectivity index (χ3v) is 5.53. The number of hydrogen-bond acceptors (Lipinski definition) is 4. The lowest BCUT2D eigenvalue weighted by Gasteiger charge is -2.30. The van der Waals surface area contributed by atoms with Crippen LogP contribution in [0.25, 0.3) is 5.65 Å². The Kier molecular flexibility index (Phi) is 5.55. The number of nitrogens with one attached hydrogen (secondary N) is 2. The van der Waals surface area contributed by atoms with E-state index in [1.54, 1.807) is 41.2 Å². The zero-order chi connectivity index (χ0) is 22.0. The lowest BCUT2D eigenvalue weighted by Crippen LogP contribution is -2.40. The fourth-order valence-corrected chi connectivity index (χ4v) is 3.91. The highest BCUT2D eigenvalue weighted by atomic mass is 19.4. The van der Waals surface area contributed by atoms with Crippen LogP contribution in [0.5, 0.6) is 0 Å². The SMILES string of the molecule is N#Cc1ccc(NC2CCC(NC(=O)c3ccc4nccn4c3)CC2)cc1C(F)(F)F. The molecule has 2 heterocycles. The molecule has 0 atom stereocenters. The van der Waals surface area contributed by atoms with Gasteiger partial charge in [0.05, 0.1) is 22.8 Å². The zero-order valence-electron chi connectivity index (χ0n) is 16.5. The second kappa shape index (κ2) is 8.30. The first-order valence-electron chi connectivity index (χ1n) is 9.95. The van der Waals surface area contributed by atoms with Crippen molar-refractivity contribution in [1.29, 1.82) is 5.26 Å². The van der Waals surface area contributed by atoms with E-state index in [0.717, 1.165) is 24.6 Å². The maximum atomic E-state index is 13.2. The molecule has 1 aromatic carbocycles. The number of carbonyl (C=O) groups excluding carboxylic acids is 1. The van der Waals surface area contributed by atoms with E-state index in [0.29, 0.717) is 24.1 Å². The van der Waals surface area contributed by atoms with Crippen molar-refractivity contribution in [2.45, 2.75) is 43.9 Å². The van der Waals surface area contributed by atoms with Crippen LogP contribution in [0.3, 0.4) is 0 Å². The van der Waals surface area contributed by atoms with Crippen molar-refractivity contribution >= 4 is 17.2 Å². The summed E-state index contributed by atoms with van der Waals surface area (Å²) < 4.78 is 41.2. The monoisotopic (exact) mass is 427 g/mol. The average Bonchev–Trinajstić information content (AvgIpc) is 3.22. The van der Waals surface area contributed by atoms with Gasteiger partial charge in [0.1, 0.15) is 5.65 Å². The van der Waals surface area contributed by atoms with Crippen molar-refractivity contribution < 1.29 is 18.0 Å². The molecule has 160 valence electrons. The number of nitriles is 1. The molecule has 3 aromatic rings. The maximum absolute atomic E-state index is 13.2. The molecule has 2 N–H and O–H groups in total. The van der Waals surface area contributed by atoms with Gasteiger partial charge >= 0.3 is 6.18 Å². The lowest BCUT2D eigenvalue weighted by atomic mass is 9.90. The van der Waals surface area contributed by atoms with Crippen molar-refractivity contribution in [3.05, 3.63) is 65.6 Å². The quantitative estimate of drug-likeness (QED) is 0.648. The number of hydrogen-bond donors (Lipinski definition) is 2.